The minimum Gasteiger partial charge on any atom is -0.481 e. The average molecular weight is 405 g/mol. The Morgan fingerprint density at radius 1 is 1.29 bits per heavy atom. The molecule has 146 valence electrons. The summed E-state index contributed by atoms with van der Waals surface area (Å²) in [7, 11) is 0. The van der Waals surface area contributed by atoms with Crippen LogP contribution in [0.4, 0.5) is 10.1 Å². The fourth-order valence-electron chi connectivity index (χ4n) is 3.20. The lowest BCUT2D eigenvalue weighted by Crippen LogP contribution is -2.51. The van der Waals surface area contributed by atoms with Gasteiger partial charge in [-0.15, -0.1) is 0 Å². The van der Waals surface area contributed by atoms with E-state index in [0.29, 0.717) is 37.0 Å². The summed E-state index contributed by atoms with van der Waals surface area (Å²) in [5.74, 6) is -0.971. The predicted octanol–water partition coefficient (Wildman–Crippen LogP) is 3.10. The highest BCUT2D eigenvalue weighted by molar-refractivity contribution is 6.30. The maximum absolute atomic E-state index is 14.3. The lowest BCUT2D eigenvalue weighted by atomic mass is 9.99. The lowest BCUT2D eigenvalue weighted by molar-refractivity contribution is -0.118. The number of nitrogens with zero attached hydrogens (tertiary/aromatic N) is 1. The fourth-order valence-corrected chi connectivity index (χ4v) is 3.33. The van der Waals surface area contributed by atoms with E-state index in [-0.39, 0.29) is 29.7 Å². The topological polar surface area (TPSA) is 67.9 Å². The van der Waals surface area contributed by atoms with E-state index in [4.69, 9.17) is 21.1 Å². The third kappa shape index (κ3) is 3.95. The second kappa shape index (κ2) is 7.77. The smallest absolute Gasteiger partial charge is 0.262 e. The third-order valence-corrected chi connectivity index (χ3v) is 4.96. The van der Waals surface area contributed by atoms with Gasteiger partial charge in [-0.3, -0.25) is 9.59 Å². The van der Waals surface area contributed by atoms with Crippen LogP contribution in [0.15, 0.2) is 36.4 Å². The second-order valence-corrected chi connectivity index (χ2v) is 7.32. The fraction of sp³-hybridized carbons (Fsp3) is 0.300. The molecule has 2 aromatic rings. The first-order chi connectivity index (χ1) is 13.5. The van der Waals surface area contributed by atoms with Gasteiger partial charge in [0.1, 0.15) is 11.6 Å². The van der Waals surface area contributed by atoms with Crippen LogP contribution in [-0.4, -0.2) is 43.0 Å². The maximum atomic E-state index is 14.3. The van der Waals surface area contributed by atoms with Crippen molar-refractivity contribution in [3.05, 3.63) is 58.4 Å². The summed E-state index contributed by atoms with van der Waals surface area (Å²) < 4.78 is 25.1. The molecule has 6 nitrogen and oxygen atoms in total. The van der Waals surface area contributed by atoms with Gasteiger partial charge in [0.05, 0.1) is 24.5 Å². The van der Waals surface area contributed by atoms with Crippen LogP contribution in [0.3, 0.4) is 0 Å². The Morgan fingerprint density at radius 3 is 2.79 bits per heavy atom. The van der Waals surface area contributed by atoms with Gasteiger partial charge in [-0.05, 0) is 23.8 Å². The van der Waals surface area contributed by atoms with Crippen molar-refractivity contribution < 1.29 is 23.5 Å². The molecule has 1 saturated heterocycles. The number of likely N-dealkylation sites (tertiary alicyclic amines) is 1. The van der Waals surface area contributed by atoms with Gasteiger partial charge in [-0.1, -0.05) is 23.7 Å². The first-order valence-electron chi connectivity index (χ1n) is 8.87. The Hall–Kier alpha value is -2.64. The Labute approximate surface area is 166 Å². The zero-order valence-electron chi connectivity index (χ0n) is 14.9. The van der Waals surface area contributed by atoms with Crippen LogP contribution in [0.1, 0.15) is 15.9 Å². The van der Waals surface area contributed by atoms with Crippen molar-refractivity contribution in [2.45, 2.75) is 6.61 Å². The Bertz CT molecular complexity index is 913. The van der Waals surface area contributed by atoms with Crippen molar-refractivity contribution in [2.75, 3.05) is 31.6 Å². The van der Waals surface area contributed by atoms with Gasteiger partial charge in [0.15, 0.2) is 6.61 Å². The Morgan fingerprint density at radius 2 is 2.04 bits per heavy atom. The molecule has 2 amide bonds. The van der Waals surface area contributed by atoms with Crippen molar-refractivity contribution in [1.29, 1.82) is 0 Å². The SMILES string of the molecule is O=C1COc2cc(F)c(C(=O)N3CC(COCc4ccc(Cl)cc4)C3)cc2N1. The number of benzene rings is 2. The van der Waals surface area contributed by atoms with Crippen molar-refractivity contribution in [1.82, 2.24) is 4.90 Å². The van der Waals surface area contributed by atoms with E-state index in [0.717, 1.165) is 11.6 Å². The van der Waals surface area contributed by atoms with E-state index in [1.165, 1.54) is 6.07 Å². The number of carbonyl (C=O) groups excluding carboxylic acids is 2. The molecule has 1 N–H and O–H groups in total. The minimum atomic E-state index is -0.665. The molecule has 1 fully saturated rings. The molecule has 0 radical (unpaired) electrons. The van der Waals surface area contributed by atoms with E-state index in [1.54, 1.807) is 4.90 Å². The normalized spacial score (nSPS) is 16.1. The first kappa shape index (κ1) is 18.7. The number of ether oxygens (including phenoxy) is 2. The standard InChI is InChI=1S/C20H18ClFN2O4/c21-14-3-1-12(2-4-14)9-27-10-13-7-24(8-13)20(26)15-5-17-18(6-16(15)22)28-11-19(25)23-17/h1-6,13H,7-11H2,(H,23,25). The molecule has 2 aliphatic heterocycles. The third-order valence-electron chi connectivity index (χ3n) is 4.71. The molecule has 0 aliphatic carbocycles. The summed E-state index contributed by atoms with van der Waals surface area (Å²) in [6, 6.07) is 9.89. The highest BCUT2D eigenvalue weighted by Gasteiger charge is 2.33. The largest absolute Gasteiger partial charge is 0.481 e. The molecule has 2 aliphatic rings. The minimum absolute atomic E-state index is 0.0786. The van der Waals surface area contributed by atoms with Crippen molar-refractivity contribution >= 4 is 29.1 Å². The molecule has 4 rings (SSSR count). The van der Waals surface area contributed by atoms with Crippen LogP contribution in [0, 0.1) is 11.7 Å². The van der Waals surface area contributed by atoms with E-state index < -0.39 is 11.7 Å². The number of hydrogen-bond acceptors (Lipinski definition) is 4. The molecule has 0 aromatic heterocycles. The van der Waals surface area contributed by atoms with Crippen LogP contribution in [-0.2, 0) is 16.1 Å². The summed E-state index contributed by atoms with van der Waals surface area (Å²) in [6.45, 7) is 1.82. The van der Waals surface area contributed by atoms with Gasteiger partial charge < -0.3 is 19.7 Å². The van der Waals surface area contributed by atoms with E-state index in [9.17, 15) is 14.0 Å². The van der Waals surface area contributed by atoms with Gasteiger partial charge in [-0.25, -0.2) is 4.39 Å². The second-order valence-electron chi connectivity index (χ2n) is 6.88. The van der Waals surface area contributed by atoms with E-state index in [1.807, 2.05) is 24.3 Å². The molecule has 2 heterocycles. The summed E-state index contributed by atoms with van der Waals surface area (Å²) >= 11 is 5.85. The zero-order valence-corrected chi connectivity index (χ0v) is 15.7. The van der Waals surface area contributed by atoms with Crippen LogP contribution in [0.2, 0.25) is 5.02 Å². The Kier molecular flexibility index (Phi) is 5.19. The van der Waals surface area contributed by atoms with Crippen LogP contribution < -0.4 is 10.1 Å². The van der Waals surface area contributed by atoms with Crippen molar-refractivity contribution in [3.8, 4) is 5.75 Å². The first-order valence-corrected chi connectivity index (χ1v) is 9.25. The number of halogens is 2. The number of rotatable bonds is 5. The molecular formula is C20H18ClFN2O4. The van der Waals surface area contributed by atoms with Gasteiger partial charge in [0.25, 0.3) is 11.8 Å². The quantitative estimate of drug-likeness (QED) is 0.831. The van der Waals surface area contributed by atoms with Gasteiger partial charge in [0, 0.05) is 30.1 Å². The van der Waals surface area contributed by atoms with Crippen LogP contribution in [0.5, 0.6) is 5.75 Å². The van der Waals surface area contributed by atoms with Crippen molar-refractivity contribution in [3.63, 3.8) is 0 Å². The van der Waals surface area contributed by atoms with E-state index >= 15 is 0 Å². The molecule has 0 unspecified atom stereocenters. The molecule has 0 spiro atoms. The number of amides is 2. The van der Waals surface area contributed by atoms with E-state index in [2.05, 4.69) is 5.32 Å². The molecule has 0 atom stereocenters. The Balaban J connectivity index is 1.29. The van der Waals surface area contributed by atoms with Crippen LogP contribution >= 0.6 is 11.6 Å². The van der Waals surface area contributed by atoms with Gasteiger partial charge >= 0.3 is 0 Å². The average Bonchev–Trinajstić information content (AvgIpc) is 2.64. The predicted molar refractivity (Wildman–Crippen MR) is 101 cm³/mol. The number of carbonyl (C=O) groups is 2. The summed E-state index contributed by atoms with van der Waals surface area (Å²) in [5.41, 5.74) is 1.26. The number of fused-ring (bicyclic) bond motifs is 1. The summed E-state index contributed by atoms with van der Waals surface area (Å²) in [6.07, 6.45) is 0. The number of hydrogen-bond donors (Lipinski definition) is 1. The molecule has 2 aromatic carbocycles. The highest BCUT2D eigenvalue weighted by atomic mass is 35.5. The summed E-state index contributed by atoms with van der Waals surface area (Å²) in [4.78, 5) is 25.5. The van der Waals surface area contributed by atoms with Gasteiger partial charge in [-0.2, -0.15) is 0 Å². The highest BCUT2D eigenvalue weighted by Crippen LogP contribution is 2.32. The lowest BCUT2D eigenvalue weighted by Gasteiger charge is -2.39. The van der Waals surface area contributed by atoms with Gasteiger partial charge in [0.2, 0.25) is 0 Å². The van der Waals surface area contributed by atoms with Crippen molar-refractivity contribution in [2.24, 2.45) is 5.92 Å². The monoisotopic (exact) mass is 404 g/mol. The molecule has 8 heteroatoms. The van der Waals surface area contributed by atoms with Crippen LogP contribution in [0.25, 0.3) is 0 Å². The number of anilines is 1. The molecule has 28 heavy (non-hydrogen) atoms. The zero-order chi connectivity index (χ0) is 19.7. The maximum Gasteiger partial charge on any atom is 0.262 e. The number of nitrogens with one attached hydrogen (secondary N) is 1. The molecule has 0 bridgehead atoms. The summed E-state index contributed by atoms with van der Waals surface area (Å²) in [5, 5.41) is 3.26. The molecule has 0 saturated carbocycles. The molecular weight excluding hydrogens is 387 g/mol.